The molecule has 1 aliphatic carbocycles. The largest absolute Gasteiger partial charge is 0.444 e. The molecule has 2 saturated heterocycles. The zero-order valence-corrected chi connectivity index (χ0v) is 10.3. The number of nitrogens with zero attached hydrogens (tertiary/aromatic N) is 1. The molecule has 4 heteroatoms. The lowest BCUT2D eigenvalue weighted by molar-refractivity contribution is -0.0637. The number of aliphatic hydroxyl groups is 1. The van der Waals surface area contributed by atoms with Gasteiger partial charge in [0.15, 0.2) is 0 Å². The van der Waals surface area contributed by atoms with Crippen LogP contribution in [0, 0.1) is 5.92 Å². The number of carbonyl (C=O) groups is 1. The Bertz CT molecular complexity index is 284. The first-order valence-corrected chi connectivity index (χ1v) is 6.04. The first-order chi connectivity index (χ1) is 7.37. The lowest BCUT2D eigenvalue weighted by Crippen LogP contribution is -2.58. The van der Waals surface area contributed by atoms with Crippen molar-refractivity contribution in [2.75, 3.05) is 6.54 Å². The number of piperidine rings is 2. The molecule has 3 atom stereocenters. The van der Waals surface area contributed by atoms with E-state index in [2.05, 4.69) is 0 Å². The van der Waals surface area contributed by atoms with Crippen molar-refractivity contribution < 1.29 is 14.6 Å². The Morgan fingerprint density at radius 3 is 2.56 bits per heavy atom. The molecule has 2 heterocycles. The van der Waals surface area contributed by atoms with Crippen LogP contribution >= 0.6 is 0 Å². The minimum atomic E-state index is -0.460. The Morgan fingerprint density at radius 2 is 2.06 bits per heavy atom. The highest BCUT2D eigenvalue weighted by Gasteiger charge is 2.43. The number of ether oxygens (including phenoxy) is 1. The fourth-order valence-corrected chi connectivity index (χ4v) is 2.69. The Morgan fingerprint density at radius 1 is 1.38 bits per heavy atom. The fraction of sp³-hybridized carbons (Fsp3) is 0.917. The van der Waals surface area contributed by atoms with Crippen LogP contribution in [0.5, 0.6) is 0 Å². The van der Waals surface area contributed by atoms with Crippen molar-refractivity contribution in [1.82, 2.24) is 4.90 Å². The average molecular weight is 227 g/mol. The number of hydrogen-bond donors (Lipinski definition) is 1. The van der Waals surface area contributed by atoms with Gasteiger partial charge in [-0.15, -0.1) is 0 Å². The predicted molar refractivity (Wildman–Crippen MR) is 60.1 cm³/mol. The lowest BCUT2D eigenvalue weighted by atomic mass is 9.78. The summed E-state index contributed by atoms with van der Waals surface area (Å²) < 4.78 is 5.35. The smallest absolute Gasteiger partial charge is 0.410 e. The molecule has 1 amide bonds. The van der Waals surface area contributed by atoms with E-state index in [-0.39, 0.29) is 18.2 Å². The minimum Gasteiger partial charge on any atom is -0.444 e. The minimum absolute atomic E-state index is 0.0279. The first-order valence-electron chi connectivity index (χ1n) is 6.04. The monoisotopic (exact) mass is 227 g/mol. The molecule has 4 nitrogen and oxygen atoms in total. The molecular weight excluding hydrogens is 206 g/mol. The van der Waals surface area contributed by atoms with Gasteiger partial charge in [0.1, 0.15) is 5.60 Å². The molecule has 92 valence electrons. The van der Waals surface area contributed by atoms with Crippen molar-refractivity contribution in [3.05, 3.63) is 0 Å². The van der Waals surface area contributed by atoms with Crippen LogP contribution < -0.4 is 0 Å². The van der Waals surface area contributed by atoms with Gasteiger partial charge >= 0.3 is 6.09 Å². The average Bonchev–Trinajstić information content (AvgIpc) is 2.15. The summed E-state index contributed by atoms with van der Waals surface area (Å²) in [5.74, 6) is 0.451. The molecule has 3 aliphatic rings. The van der Waals surface area contributed by atoms with E-state index in [1.54, 1.807) is 4.90 Å². The van der Waals surface area contributed by atoms with Gasteiger partial charge in [-0.05, 0) is 46.0 Å². The van der Waals surface area contributed by atoms with Gasteiger partial charge in [0.25, 0.3) is 0 Å². The van der Waals surface area contributed by atoms with Crippen LogP contribution in [0.1, 0.15) is 40.0 Å². The standard InChI is InChI=1S/C12H21NO3/c1-12(2,3)16-11(15)13-7-8-4-5-9(13)10(14)6-8/h8-10,14H,4-7H2,1-3H3/t8-,9+,10-/m1/s1. The Labute approximate surface area is 96.6 Å². The number of aliphatic hydroxyl groups excluding tert-OH is 1. The van der Waals surface area contributed by atoms with Crippen molar-refractivity contribution in [1.29, 1.82) is 0 Å². The molecule has 0 aromatic carbocycles. The third kappa shape index (κ3) is 2.32. The topological polar surface area (TPSA) is 49.8 Å². The van der Waals surface area contributed by atoms with Crippen LogP contribution in [-0.2, 0) is 4.74 Å². The quantitative estimate of drug-likeness (QED) is 0.686. The number of fused-ring (bicyclic) bond motifs is 3. The summed E-state index contributed by atoms with van der Waals surface area (Å²) in [5.41, 5.74) is -0.460. The van der Waals surface area contributed by atoms with Crippen LogP contribution in [0.3, 0.4) is 0 Å². The number of hydrogen-bond acceptors (Lipinski definition) is 3. The zero-order chi connectivity index (χ0) is 11.9. The van der Waals surface area contributed by atoms with Crippen molar-refractivity contribution in [2.45, 2.75) is 57.8 Å². The fourth-order valence-electron chi connectivity index (χ4n) is 2.69. The molecule has 0 unspecified atom stereocenters. The first kappa shape index (κ1) is 11.7. The maximum atomic E-state index is 11.9. The Kier molecular flexibility index (Phi) is 2.86. The molecule has 1 saturated carbocycles. The van der Waals surface area contributed by atoms with Gasteiger partial charge in [0.05, 0.1) is 12.1 Å². The van der Waals surface area contributed by atoms with Crippen molar-refractivity contribution >= 4 is 6.09 Å². The van der Waals surface area contributed by atoms with E-state index in [1.807, 2.05) is 20.8 Å². The van der Waals surface area contributed by atoms with Crippen molar-refractivity contribution in [3.63, 3.8) is 0 Å². The molecule has 0 aromatic rings. The van der Waals surface area contributed by atoms with Gasteiger partial charge in [-0.25, -0.2) is 4.79 Å². The summed E-state index contributed by atoms with van der Waals surface area (Å²) in [6.07, 6.45) is 2.23. The van der Waals surface area contributed by atoms with E-state index in [4.69, 9.17) is 4.74 Å². The molecule has 0 aromatic heterocycles. The SMILES string of the molecule is CC(C)(C)OC(=O)N1C[C@@H]2CC[C@H]1[C@H](O)C2. The van der Waals surface area contributed by atoms with Gasteiger partial charge in [-0.3, -0.25) is 0 Å². The Balaban J connectivity index is 2.02. The van der Waals surface area contributed by atoms with Crippen molar-refractivity contribution in [3.8, 4) is 0 Å². The molecule has 0 radical (unpaired) electrons. The molecule has 3 rings (SSSR count). The summed E-state index contributed by atoms with van der Waals surface area (Å²) in [5, 5.41) is 9.87. The van der Waals surface area contributed by atoms with Crippen molar-refractivity contribution in [2.24, 2.45) is 5.92 Å². The number of carbonyl (C=O) groups excluding carboxylic acids is 1. The molecule has 16 heavy (non-hydrogen) atoms. The Hall–Kier alpha value is -0.770. The molecule has 2 aliphatic heterocycles. The van der Waals surface area contributed by atoms with Gasteiger partial charge in [0, 0.05) is 6.54 Å². The van der Waals surface area contributed by atoms with Crippen LogP contribution in [0.25, 0.3) is 0 Å². The van der Waals surface area contributed by atoms with E-state index in [1.165, 1.54) is 0 Å². The summed E-state index contributed by atoms with van der Waals surface area (Å²) in [7, 11) is 0. The van der Waals surface area contributed by atoms with Gasteiger partial charge < -0.3 is 14.7 Å². The lowest BCUT2D eigenvalue weighted by Gasteiger charge is -2.47. The highest BCUT2D eigenvalue weighted by Crippen LogP contribution is 2.35. The van der Waals surface area contributed by atoms with E-state index in [9.17, 15) is 9.90 Å². The predicted octanol–water partition coefficient (Wildman–Crippen LogP) is 1.77. The molecular formula is C12H21NO3. The third-order valence-electron chi connectivity index (χ3n) is 3.37. The van der Waals surface area contributed by atoms with E-state index in [0.29, 0.717) is 5.92 Å². The molecule has 1 N–H and O–H groups in total. The summed E-state index contributed by atoms with van der Waals surface area (Å²) in [4.78, 5) is 13.7. The normalized spacial score (nSPS) is 34.0. The van der Waals surface area contributed by atoms with Gasteiger partial charge in [-0.1, -0.05) is 0 Å². The van der Waals surface area contributed by atoms with E-state index < -0.39 is 5.60 Å². The highest BCUT2D eigenvalue weighted by atomic mass is 16.6. The van der Waals surface area contributed by atoms with Crippen LogP contribution in [0.15, 0.2) is 0 Å². The molecule has 3 fully saturated rings. The van der Waals surface area contributed by atoms with Crippen LogP contribution in [0.4, 0.5) is 4.79 Å². The van der Waals surface area contributed by atoms with E-state index in [0.717, 1.165) is 25.8 Å². The third-order valence-corrected chi connectivity index (χ3v) is 3.37. The second kappa shape index (κ2) is 3.91. The number of amides is 1. The summed E-state index contributed by atoms with van der Waals surface area (Å²) in [6, 6.07) is -0.0279. The summed E-state index contributed by atoms with van der Waals surface area (Å²) in [6.45, 7) is 6.34. The maximum absolute atomic E-state index is 11.9. The maximum Gasteiger partial charge on any atom is 0.410 e. The molecule has 0 spiro atoms. The van der Waals surface area contributed by atoms with Crippen LogP contribution in [-0.4, -0.2) is 40.4 Å². The summed E-state index contributed by atoms with van der Waals surface area (Å²) >= 11 is 0. The van der Waals surface area contributed by atoms with Gasteiger partial charge in [-0.2, -0.15) is 0 Å². The van der Waals surface area contributed by atoms with Gasteiger partial charge in [0.2, 0.25) is 0 Å². The molecule has 2 bridgehead atoms. The van der Waals surface area contributed by atoms with E-state index >= 15 is 0 Å². The highest BCUT2D eigenvalue weighted by molar-refractivity contribution is 5.69. The second-order valence-electron chi connectivity index (χ2n) is 5.95. The second-order valence-corrected chi connectivity index (χ2v) is 5.95. The van der Waals surface area contributed by atoms with Crippen LogP contribution in [0.2, 0.25) is 0 Å². The zero-order valence-electron chi connectivity index (χ0n) is 10.3. The number of rotatable bonds is 0.